The molecule has 0 radical (unpaired) electrons. The number of pyridine rings is 1. The summed E-state index contributed by atoms with van der Waals surface area (Å²) in [6.07, 6.45) is 3.18. The van der Waals surface area contributed by atoms with Crippen molar-refractivity contribution in [3.63, 3.8) is 0 Å². The minimum absolute atomic E-state index is 0.0460. The molecule has 2 heterocycles. The van der Waals surface area contributed by atoms with Gasteiger partial charge in [0.2, 0.25) is 0 Å². The molecule has 6 heteroatoms. The Hall–Kier alpha value is -1.69. The third kappa shape index (κ3) is 2.75. The monoisotopic (exact) mass is 281 g/mol. The van der Waals surface area contributed by atoms with Crippen molar-refractivity contribution in [2.75, 3.05) is 32.6 Å². The van der Waals surface area contributed by atoms with Crippen LogP contribution in [-0.4, -0.2) is 48.6 Å². The van der Waals surface area contributed by atoms with Gasteiger partial charge in [-0.3, -0.25) is 4.79 Å². The summed E-state index contributed by atoms with van der Waals surface area (Å²) in [7, 11) is 3.21. The van der Waals surface area contributed by atoms with Gasteiger partial charge in [-0.1, -0.05) is 0 Å². The van der Waals surface area contributed by atoms with Gasteiger partial charge in [0.05, 0.1) is 11.2 Å². The smallest absolute Gasteiger partial charge is 0.257 e. The fourth-order valence-electron chi connectivity index (χ4n) is 2.50. The van der Waals surface area contributed by atoms with Crippen LogP contribution in [0.2, 0.25) is 0 Å². The molecule has 1 aliphatic heterocycles. The van der Waals surface area contributed by atoms with Gasteiger partial charge in [0.15, 0.2) is 11.6 Å². The average Bonchev–Trinajstić information content (AvgIpc) is 2.47. The molecule has 1 unspecified atom stereocenters. The number of halogens is 1. The van der Waals surface area contributed by atoms with Crippen LogP contribution in [0, 0.1) is 5.82 Å². The van der Waals surface area contributed by atoms with E-state index in [4.69, 9.17) is 4.74 Å². The van der Waals surface area contributed by atoms with E-state index in [9.17, 15) is 9.18 Å². The molecule has 110 valence electrons. The predicted molar refractivity (Wildman–Crippen MR) is 74.3 cm³/mol. The van der Waals surface area contributed by atoms with Crippen molar-refractivity contribution in [2.45, 2.75) is 25.4 Å². The molecule has 0 bridgehead atoms. The van der Waals surface area contributed by atoms with Crippen LogP contribution >= 0.6 is 0 Å². The first-order valence-electron chi connectivity index (χ1n) is 6.67. The molecule has 0 spiro atoms. The van der Waals surface area contributed by atoms with Crippen LogP contribution in [-0.2, 0) is 4.74 Å². The average molecular weight is 281 g/mol. The van der Waals surface area contributed by atoms with Crippen LogP contribution in [0.25, 0.3) is 0 Å². The van der Waals surface area contributed by atoms with Gasteiger partial charge < -0.3 is 15.0 Å². The summed E-state index contributed by atoms with van der Waals surface area (Å²) in [5.41, 5.74) is -0.312. The lowest BCUT2D eigenvalue weighted by Gasteiger charge is -2.39. The molecule has 1 aliphatic rings. The number of piperidine rings is 1. The molecule has 5 nitrogen and oxygen atoms in total. The van der Waals surface area contributed by atoms with E-state index in [1.165, 1.54) is 12.3 Å². The number of nitrogens with one attached hydrogen (secondary N) is 1. The van der Waals surface area contributed by atoms with Crippen molar-refractivity contribution in [3.05, 3.63) is 23.6 Å². The number of hydrogen-bond donors (Lipinski definition) is 1. The van der Waals surface area contributed by atoms with Crippen molar-refractivity contribution in [1.29, 1.82) is 0 Å². The molecule has 1 atom stereocenters. The van der Waals surface area contributed by atoms with Gasteiger partial charge >= 0.3 is 0 Å². The first-order chi connectivity index (χ1) is 9.50. The van der Waals surface area contributed by atoms with Crippen molar-refractivity contribution in [1.82, 2.24) is 9.88 Å². The summed E-state index contributed by atoms with van der Waals surface area (Å²) in [6, 6.07) is 1.41. The quantitative estimate of drug-likeness (QED) is 0.919. The lowest BCUT2D eigenvalue weighted by Crippen LogP contribution is -2.49. The first-order valence-corrected chi connectivity index (χ1v) is 6.67. The normalized spacial score (nSPS) is 22.7. The fourth-order valence-corrected chi connectivity index (χ4v) is 2.50. The molecule has 1 aromatic heterocycles. The molecule has 0 saturated carbocycles. The van der Waals surface area contributed by atoms with Gasteiger partial charge in [0.1, 0.15) is 0 Å². The second-order valence-corrected chi connectivity index (χ2v) is 5.26. The molecule has 1 fully saturated rings. The highest BCUT2D eigenvalue weighted by Crippen LogP contribution is 2.26. The van der Waals surface area contributed by atoms with Gasteiger partial charge in [-0.2, -0.15) is 0 Å². The maximum absolute atomic E-state index is 14.1. The second-order valence-electron chi connectivity index (χ2n) is 5.26. The summed E-state index contributed by atoms with van der Waals surface area (Å²) in [5.74, 6) is -0.837. The third-order valence-corrected chi connectivity index (χ3v) is 3.80. The molecule has 0 aliphatic carbocycles. The van der Waals surface area contributed by atoms with Crippen molar-refractivity contribution >= 4 is 11.7 Å². The minimum Gasteiger partial charge on any atom is -0.377 e. The summed E-state index contributed by atoms with van der Waals surface area (Å²) in [6.45, 7) is 3.06. The number of amides is 1. The van der Waals surface area contributed by atoms with Crippen LogP contribution in [0.15, 0.2) is 12.3 Å². The van der Waals surface area contributed by atoms with E-state index in [1.807, 2.05) is 6.92 Å². The SMILES string of the molecule is CNc1nccc(C(=O)N2CCCC(C)(OC)C2)c1F. The maximum atomic E-state index is 14.1. The summed E-state index contributed by atoms with van der Waals surface area (Å²) < 4.78 is 19.6. The van der Waals surface area contributed by atoms with Crippen molar-refractivity contribution in [2.24, 2.45) is 0 Å². The summed E-state index contributed by atoms with van der Waals surface area (Å²) in [4.78, 5) is 18.0. The lowest BCUT2D eigenvalue weighted by atomic mass is 9.94. The second kappa shape index (κ2) is 5.75. The van der Waals surface area contributed by atoms with E-state index >= 15 is 0 Å². The van der Waals surface area contributed by atoms with Gasteiger partial charge in [-0.05, 0) is 25.8 Å². The molecule has 1 saturated heterocycles. The molecule has 0 aromatic carbocycles. The highest BCUT2D eigenvalue weighted by molar-refractivity contribution is 5.95. The third-order valence-electron chi connectivity index (χ3n) is 3.80. The van der Waals surface area contributed by atoms with Crippen molar-refractivity contribution < 1.29 is 13.9 Å². The zero-order chi connectivity index (χ0) is 14.8. The lowest BCUT2D eigenvalue weighted by molar-refractivity contribution is -0.0441. The van der Waals surface area contributed by atoms with Gasteiger partial charge in [0, 0.05) is 33.4 Å². The van der Waals surface area contributed by atoms with Crippen LogP contribution in [0.1, 0.15) is 30.1 Å². The highest BCUT2D eigenvalue weighted by Gasteiger charge is 2.34. The van der Waals surface area contributed by atoms with E-state index in [0.29, 0.717) is 13.1 Å². The van der Waals surface area contributed by atoms with Crippen LogP contribution < -0.4 is 5.32 Å². The number of aromatic nitrogens is 1. The van der Waals surface area contributed by atoms with Crippen molar-refractivity contribution in [3.8, 4) is 0 Å². The largest absolute Gasteiger partial charge is 0.377 e. The Morgan fingerprint density at radius 3 is 3.00 bits per heavy atom. The number of carbonyl (C=O) groups is 1. The van der Waals surface area contributed by atoms with E-state index in [1.54, 1.807) is 19.1 Å². The molecule has 1 aromatic rings. The van der Waals surface area contributed by atoms with Gasteiger partial charge in [-0.15, -0.1) is 0 Å². The Balaban J connectivity index is 2.23. The Bertz CT molecular complexity index is 509. The van der Waals surface area contributed by atoms with E-state index in [0.717, 1.165) is 12.8 Å². The van der Waals surface area contributed by atoms with E-state index in [-0.39, 0.29) is 22.9 Å². The number of ether oxygens (including phenoxy) is 1. The maximum Gasteiger partial charge on any atom is 0.257 e. The Morgan fingerprint density at radius 2 is 2.35 bits per heavy atom. The molecular formula is C14H20FN3O2. The van der Waals surface area contributed by atoms with Gasteiger partial charge in [-0.25, -0.2) is 9.37 Å². The standard InChI is InChI=1S/C14H20FN3O2/c1-14(20-3)6-4-8-18(9-14)13(19)10-5-7-17-12(16-2)11(10)15/h5,7H,4,6,8-9H2,1-3H3,(H,16,17). The number of rotatable bonds is 3. The molecule has 2 rings (SSSR count). The first kappa shape index (κ1) is 14.7. The summed E-state index contributed by atoms with van der Waals surface area (Å²) in [5, 5.41) is 2.64. The minimum atomic E-state index is -0.607. The number of carbonyl (C=O) groups excluding carboxylic acids is 1. The number of anilines is 1. The Kier molecular flexibility index (Phi) is 4.23. The van der Waals surface area contributed by atoms with Crippen LogP contribution in [0.4, 0.5) is 10.2 Å². The van der Waals surface area contributed by atoms with E-state index in [2.05, 4.69) is 10.3 Å². The number of nitrogens with zero attached hydrogens (tertiary/aromatic N) is 2. The number of likely N-dealkylation sites (tertiary alicyclic amines) is 1. The Morgan fingerprint density at radius 1 is 1.60 bits per heavy atom. The zero-order valence-electron chi connectivity index (χ0n) is 12.1. The zero-order valence-corrected chi connectivity index (χ0v) is 12.1. The van der Waals surface area contributed by atoms with Gasteiger partial charge in [0.25, 0.3) is 5.91 Å². The van der Waals surface area contributed by atoms with Crippen LogP contribution in [0.3, 0.4) is 0 Å². The number of methoxy groups -OCH3 is 1. The van der Waals surface area contributed by atoms with E-state index < -0.39 is 5.82 Å². The molecule has 1 amide bonds. The summed E-state index contributed by atoms with van der Waals surface area (Å²) >= 11 is 0. The molecule has 20 heavy (non-hydrogen) atoms. The number of hydrogen-bond acceptors (Lipinski definition) is 4. The highest BCUT2D eigenvalue weighted by atomic mass is 19.1. The molecular weight excluding hydrogens is 261 g/mol. The fraction of sp³-hybridized carbons (Fsp3) is 0.571. The Labute approximate surface area is 118 Å². The topological polar surface area (TPSA) is 54.5 Å². The van der Waals surface area contributed by atoms with Crippen LogP contribution in [0.5, 0.6) is 0 Å². The predicted octanol–water partition coefficient (Wildman–Crippen LogP) is 1.90. The molecule has 1 N–H and O–H groups in total.